The van der Waals surface area contributed by atoms with E-state index < -0.39 is 29.1 Å². The van der Waals surface area contributed by atoms with Gasteiger partial charge in [-0.2, -0.15) is 13.2 Å². The highest BCUT2D eigenvalue weighted by atomic mass is 19.4. The lowest BCUT2D eigenvalue weighted by molar-refractivity contribution is -0.140. The van der Waals surface area contributed by atoms with Crippen LogP contribution in [-0.2, 0) is 15.7 Å². The molecule has 0 aromatic heterocycles. The predicted molar refractivity (Wildman–Crippen MR) is 67.3 cm³/mol. The maximum atomic E-state index is 13.6. The molecule has 0 heterocycles. The third kappa shape index (κ3) is 5.34. The van der Waals surface area contributed by atoms with Gasteiger partial charge in [0.1, 0.15) is 12.4 Å². The van der Waals surface area contributed by atoms with E-state index in [1.54, 1.807) is 0 Å². The fraction of sp³-hybridized carbons (Fsp3) is 0.500. The molecule has 118 valence electrons. The summed E-state index contributed by atoms with van der Waals surface area (Å²) >= 11 is 0. The van der Waals surface area contributed by atoms with Crippen LogP contribution in [0.3, 0.4) is 0 Å². The number of carbonyl (C=O) groups is 1. The van der Waals surface area contributed by atoms with Gasteiger partial charge in [0, 0.05) is 6.61 Å². The summed E-state index contributed by atoms with van der Waals surface area (Å²) in [5.41, 5.74) is -2.23. The highest BCUT2D eigenvalue weighted by Crippen LogP contribution is 2.32. The van der Waals surface area contributed by atoms with Crippen molar-refractivity contribution in [3.05, 3.63) is 35.1 Å². The maximum Gasteiger partial charge on any atom is 0.419 e. The molecule has 1 rings (SSSR count). The molecule has 0 radical (unpaired) electrons. The molecule has 0 bridgehead atoms. The second-order valence-electron chi connectivity index (χ2n) is 4.77. The van der Waals surface area contributed by atoms with E-state index in [9.17, 15) is 22.4 Å². The molecule has 0 saturated carbocycles. The van der Waals surface area contributed by atoms with E-state index in [0.29, 0.717) is 18.6 Å². The van der Waals surface area contributed by atoms with Gasteiger partial charge < -0.3 is 9.47 Å². The zero-order valence-corrected chi connectivity index (χ0v) is 11.7. The van der Waals surface area contributed by atoms with Gasteiger partial charge in [-0.05, 0) is 18.1 Å². The van der Waals surface area contributed by atoms with Gasteiger partial charge in [-0.15, -0.1) is 0 Å². The largest absolute Gasteiger partial charge is 0.460 e. The number of hydrogen-bond acceptors (Lipinski definition) is 3. The molecule has 0 aliphatic heterocycles. The molecular weight excluding hydrogens is 292 g/mol. The van der Waals surface area contributed by atoms with Crippen LogP contribution in [0.25, 0.3) is 0 Å². The highest BCUT2D eigenvalue weighted by molar-refractivity contribution is 5.90. The number of ether oxygens (including phenoxy) is 2. The number of alkyl halides is 3. The highest BCUT2D eigenvalue weighted by Gasteiger charge is 2.35. The van der Waals surface area contributed by atoms with Gasteiger partial charge in [0.2, 0.25) is 0 Å². The summed E-state index contributed by atoms with van der Waals surface area (Å²) in [7, 11) is 0. The Bertz CT molecular complexity index is 484. The average Bonchev–Trinajstić information content (AvgIpc) is 2.36. The van der Waals surface area contributed by atoms with Crippen LogP contribution in [-0.4, -0.2) is 25.8 Å². The van der Waals surface area contributed by atoms with E-state index in [2.05, 4.69) is 4.74 Å². The van der Waals surface area contributed by atoms with Crippen LogP contribution >= 0.6 is 0 Å². The van der Waals surface area contributed by atoms with E-state index in [4.69, 9.17) is 4.74 Å². The third-order valence-corrected chi connectivity index (χ3v) is 2.44. The van der Waals surface area contributed by atoms with E-state index in [1.165, 1.54) is 0 Å². The van der Waals surface area contributed by atoms with Crippen LogP contribution < -0.4 is 0 Å². The molecule has 0 fully saturated rings. The molecular formula is C14H16F4O3. The van der Waals surface area contributed by atoms with Crippen molar-refractivity contribution in [3.63, 3.8) is 0 Å². The van der Waals surface area contributed by atoms with Crippen LogP contribution in [0.4, 0.5) is 17.6 Å². The molecule has 0 saturated heterocycles. The normalized spacial score (nSPS) is 11.8. The van der Waals surface area contributed by atoms with Gasteiger partial charge in [0.25, 0.3) is 0 Å². The standard InChI is InChI=1S/C14H16F4O3/c1-9(2)8-20-6-7-21-13(19)10-4-3-5-11(12(10)15)14(16,17)18/h3-5,9H,6-8H2,1-2H3. The molecule has 0 N–H and O–H groups in total. The maximum absolute atomic E-state index is 13.6. The Morgan fingerprint density at radius 2 is 1.90 bits per heavy atom. The molecule has 0 spiro atoms. The number of rotatable bonds is 6. The summed E-state index contributed by atoms with van der Waals surface area (Å²) in [6.45, 7) is 4.29. The molecule has 0 unspecified atom stereocenters. The molecule has 3 nitrogen and oxygen atoms in total. The predicted octanol–water partition coefficient (Wildman–Crippen LogP) is 3.67. The Balaban J connectivity index is 2.63. The third-order valence-electron chi connectivity index (χ3n) is 2.44. The average molecular weight is 308 g/mol. The first-order valence-electron chi connectivity index (χ1n) is 6.34. The number of benzene rings is 1. The van der Waals surface area contributed by atoms with Gasteiger partial charge in [0.05, 0.1) is 17.7 Å². The van der Waals surface area contributed by atoms with E-state index in [1.807, 2.05) is 13.8 Å². The lowest BCUT2D eigenvalue weighted by Gasteiger charge is -2.11. The Morgan fingerprint density at radius 1 is 1.24 bits per heavy atom. The lowest BCUT2D eigenvalue weighted by atomic mass is 10.1. The summed E-state index contributed by atoms with van der Waals surface area (Å²) in [5.74, 6) is -2.47. The second-order valence-corrected chi connectivity index (χ2v) is 4.77. The van der Waals surface area contributed by atoms with Gasteiger partial charge >= 0.3 is 12.1 Å². The first kappa shape index (κ1) is 17.4. The van der Waals surface area contributed by atoms with Gasteiger partial charge in [-0.25, -0.2) is 9.18 Å². The smallest absolute Gasteiger partial charge is 0.419 e. The van der Waals surface area contributed by atoms with Gasteiger partial charge in [0.15, 0.2) is 0 Å². The van der Waals surface area contributed by atoms with E-state index >= 15 is 0 Å². The van der Waals surface area contributed by atoms with E-state index in [-0.39, 0.29) is 13.2 Å². The van der Waals surface area contributed by atoms with Crippen LogP contribution in [0.5, 0.6) is 0 Å². The Kier molecular flexibility index (Phi) is 6.14. The zero-order chi connectivity index (χ0) is 16.0. The van der Waals surface area contributed by atoms with Crippen molar-refractivity contribution < 1.29 is 31.8 Å². The number of halogens is 4. The van der Waals surface area contributed by atoms with Crippen molar-refractivity contribution in [1.29, 1.82) is 0 Å². The van der Waals surface area contributed by atoms with Crippen LogP contribution in [0, 0.1) is 11.7 Å². The fourth-order valence-corrected chi connectivity index (χ4v) is 1.50. The lowest BCUT2D eigenvalue weighted by Crippen LogP contribution is -2.16. The SMILES string of the molecule is CC(C)COCCOC(=O)c1cccc(C(F)(F)F)c1F. The van der Waals surface area contributed by atoms with Crippen LogP contribution in [0.2, 0.25) is 0 Å². The molecule has 1 aromatic rings. The van der Waals surface area contributed by atoms with Crippen LogP contribution in [0.1, 0.15) is 29.8 Å². The molecule has 7 heteroatoms. The summed E-state index contributed by atoms with van der Waals surface area (Å²) in [4.78, 5) is 11.6. The Labute approximate surface area is 119 Å². The van der Waals surface area contributed by atoms with Crippen molar-refractivity contribution in [2.24, 2.45) is 5.92 Å². The zero-order valence-electron chi connectivity index (χ0n) is 11.7. The molecule has 21 heavy (non-hydrogen) atoms. The van der Waals surface area contributed by atoms with Crippen molar-refractivity contribution in [2.45, 2.75) is 20.0 Å². The van der Waals surface area contributed by atoms with Gasteiger partial charge in [-0.3, -0.25) is 0 Å². The van der Waals surface area contributed by atoms with Crippen molar-refractivity contribution in [3.8, 4) is 0 Å². The van der Waals surface area contributed by atoms with Gasteiger partial charge in [-0.1, -0.05) is 19.9 Å². The fourth-order valence-electron chi connectivity index (χ4n) is 1.50. The summed E-state index contributed by atoms with van der Waals surface area (Å²) in [5, 5.41) is 0. The first-order chi connectivity index (χ1) is 9.73. The monoisotopic (exact) mass is 308 g/mol. The topological polar surface area (TPSA) is 35.5 Å². The van der Waals surface area contributed by atoms with Crippen molar-refractivity contribution in [2.75, 3.05) is 19.8 Å². The summed E-state index contributed by atoms with van der Waals surface area (Å²) in [6.07, 6.45) is -4.86. The molecule has 0 aliphatic carbocycles. The summed E-state index contributed by atoms with van der Waals surface area (Å²) < 4.78 is 61.0. The molecule has 1 aromatic carbocycles. The first-order valence-corrected chi connectivity index (χ1v) is 6.34. The minimum atomic E-state index is -4.86. The van der Waals surface area contributed by atoms with Crippen LogP contribution in [0.15, 0.2) is 18.2 Å². The van der Waals surface area contributed by atoms with Crippen molar-refractivity contribution in [1.82, 2.24) is 0 Å². The van der Waals surface area contributed by atoms with E-state index in [0.717, 1.165) is 12.1 Å². The number of carbonyl (C=O) groups excluding carboxylic acids is 1. The minimum absolute atomic E-state index is 0.102. The Hall–Kier alpha value is -1.63. The summed E-state index contributed by atoms with van der Waals surface area (Å²) in [6, 6.07) is 2.47. The molecule has 0 aliphatic rings. The molecule has 0 atom stereocenters. The second kappa shape index (κ2) is 7.40. The Morgan fingerprint density at radius 3 is 2.48 bits per heavy atom. The number of esters is 1. The molecule has 0 amide bonds. The van der Waals surface area contributed by atoms with Crippen molar-refractivity contribution >= 4 is 5.97 Å². The minimum Gasteiger partial charge on any atom is -0.460 e. The quantitative estimate of drug-likeness (QED) is 0.457. The number of hydrogen-bond donors (Lipinski definition) is 0.